The molecule has 8 unspecified atom stereocenters. The average molecular weight is 679 g/mol. The Labute approximate surface area is 305 Å². The second-order valence-electron chi connectivity index (χ2n) is 18.8. The van der Waals surface area contributed by atoms with Gasteiger partial charge in [0.25, 0.3) is 0 Å². The van der Waals surface area contributed by atoms with Crippen molar-refractivity contribution in [2.24, 2.45) is 39.9 Å². The number of fused-ring (bicyclic) bond motifs is 4. The lowest BCUT2D eigenvalue weighted by Crippen LogP contribution is -2.52. The number of unbranched alkanes of at least 4 members (excludes halogenated alkanes) is 12. The first kappa shape index (κ1) is 40.7. The number of carbonyl (C=O) groups excluding carboxylic acids is 1. The molecule has 0 bridgehead atoms. The minimum atomic E-state index is 0.0712. The summed E-state index contributed by atoms with van der Waals surface area (Å²) >= 11 is 0. The smallest absolute Gasteiger partial charge is 0.306 e. The molecule has 0 N–H and O–H groups in total. The molecule has 282 valence electrons. The Kier molecular flexibility index (Phi) is 15.5. The number of esters is 1. The Morgan fingerprint density at radius 1 is 0.755 bits per heavy atom. The molecule has 2 fully saturated rings. The summed E-state index contributed by atoms with van der Waals surface area (Å²) in [4.78, 5) is 13.0. The number of ether oxygens (including phenoxy) is 1. The second-order valence-corrected chi connectivity index (χ2v) is 18.8. The van der Waals surface area contributed by atoms with Crippen molar-refractivity contribution < 1.29 is 9.53 Å². The highest BCUT2D eigenvalue weighted by atomic mass is 16.5. The van der Waals surface area contributed by atoms with Crippen molar-refractivity contribution in [2.45, 2.75) is 229 Å². The van der Waals surface area contributed by atoms with E-state index in [0.29, 0.717) is 34.5 Å². The van der Waals surface area contributed by atoms with Gasteiger partial charge in [-0.2, -0.15) is 0 Å². The summed E-state index contributed by atoms with van der Waals surface area (Å²) in [5.74, 6) is 2.82. The van der Waals surface area contributed by atoms with Gasteiger partial charge >= 0.3 is 5.97 Å². The lowest BCUT2D eigenvalue weighted by Gasteiger charge is -2.60. The van der Waals surface area contributed by atoms with Crippen molar-refractivity contribution in [1.29, 1.82) is 0 Å². The van der Waals surface area contributed by atoms with E-state index in [9.17, 15) is 4.79 Å². The molecule has 0 heterocycles. The van der Waals surface area contributed by atoms with Gasteiger partial charge in [0.05, 0.1) is 0 Å². The van der Waals surface area contributed by atoms with Crippen LogP contribution in [0.15, 0.2) is 22.3 Å². The van der Waals surface area contributed by atoms with Crippen LogP contribution in [0.1, 0.15) is 223 Å². The van der Waals surface area contributed by atoms with E-state index in [0.717, 1.165) is 24.7 Å². The Balaban J connectivity index is 1.24. The van der Waals surface area contributed by atoms with Gasteiger partial charge in [-0.15, -0.1) is 0 Å². The molecule has 0 aliphatic heterocycles. The second kappa shape index (κ2) is 18.6. The van der Waals surface area contributed by atoms with Crippen LogP contribution in [0.4, 0.5) is 0 Å². The molecule has 0 amide bonds. The van der Waals surface area contributed by atoms with Crippen LogP contribution in [0.25, 0.3) is 0 Å². The number of hydrogen-bond acceptors (Lipinski definition) is 2. The zero-order chi connectivity index (χ0) is 35.7. The van der Waals surface area contributed by atoms with Crippen molar-refractivity contribution in [3.05, 3.63) is 22.3 Å². The Bertz CT molecular complexity index is 1110. The molecule has 8 atom stereocenters. The van der Waals surface area contributed by atoms with Crippen molar-refractivity contribution >= 4 is 5.97 Å². The summed E-state index contributed by atoms with van der Waals surface area (Å²) in [6.45, 7) is 22.3. The minimum Gasteiger partial charge on any atom is -0.462 e. The topological polar surface area (TPSA) is 26.3 Å². The molecule has 0 spiro atoms. The van der Waals surface area contributed by atoms with Crippen LogP contribution < -0.4 is 0 Å². The lowest BCUT2D eigenvalue weighted by atomic mass is 9.45. The van der Waals surface area contributed by atoms with Crippen molar-refractivity contribution in [1.82, 2.24) is 0 Å². The number of hydrogen-bond donors (Lipinski definition) is 0. The molecule has 4 rings (SSSR count). The van der Waals surface area contributed by atoms with E-state index in [1.54, 1.807) is 11.1 Å². The third kappa shape index (κ3) is 9.31. The first-order valence-corrected chi connectivity index (χ1v) is 22.0. The van der Waals surface area contributed by atoms with Gasteiger partial charge in [0.15, 0.2) is 0 Å². The maximum atomic E-state index is 13.0. The molecule has 4 aliphatic rings. The van der Waals surface area contributed by atoms with Crippen LogP contribution >= 0.6 is 0 Å². The molecular weight excluding hydrogens is 597 g/mol. The molecule has 0 saturated heterocycles. The van der Waals surface area contributed by atoms with Crippen LogP contribution in [0.2, 0.25) is 0 Å². The van der Waals surface area contributed by atoms with Crippen molar-refractivity contribution in [2.75, 3.05) is 0 Å². The molecule has 0 radical (unpaired) electrons. The fourth-order valence-electron chi connectivity index (χ4n) is 12.3. The molecule has 0 aromatic rings. The van der Waals surface area contributed by atoms with Gasteiger partial charge in [-0.3, -0.25) is 4.79 Å². The maximum Gasteiger partial charge on any atom is 0.306 e. The molecule has 0 aromatic heterocycles. The van der Waals surface area contributed by atoms with E-state index >= 15 is 0 Å². The summed E-state index contributed by atoms with van der Waals surface area (Å²) in [6, 6.07) is 0. The molecule has 2 heteroatoms. The normalized spacial score (nSPS) is 33.1. The summed E-state index contributed by atoms with van der Waals surface area (Å²) in [6.07, 6.45) is 32.3. The predicted molar refractivity (Wildman–Crippen MR) is 212 cm³/mol. The van der Waals surface area contributed by atoms with Crippen LogP contribution in [0, 0.1) is 39.9 Å². The molecule has 4 aliphatic carbocycles. The molecule has 49 heavy (non-hydrogen) atoms. The summed E-state index contributed by atoms with van der Waals surface area (Å²) in [5, 5.41) is 0. The van der Waals surface area contributed by atoms with E-state index in [2.05, 4.69) is 62.3 Å². The zero-order valence-corrected chi connectivity index (χ0v) is 34.4. The minimum absolute atomic E-state index is 0.0712. The standard InChI is InChI=1S/C47H82O2/c1-10-12-13-14-15-16-17-18-19-20-21-22-23-24-44(48)49-43-31-32-45(7)40(37(43)6)27-28-42-41(45)30-34-46(8)39(29-33-47(42,46)9)36(5)25-26-38(11-2)35(3)4/h36-37,39-40,43H,10-34H2,1-9H3. The predicted octanol–water partition coefficient (Wildman–Crippen LogP) is 14.9. The molecule has 0 aromatic carbocycles. The van der Waals surface area contributed by atoms with Gasteiger partial charge in [0.1, 0.15) is 6.10 Å². The zero-order valence-electron chi connectivity index (χ0n) is 34.4. The average Bonchev–Trinajstić information content (AvgIpc) is 3.35. The van der Waals surface area contributed by atoms with E-state index < -0.39 is 0 Å². The Morgan fingerprint density at radius 2 is 1.37 bits per heavy atom. The van der Waals surface area contributed by atoms with Gasteiger partial charge in [-0.25, -0.2) is 0 Å². The van der Waals surface area contributed by atoms with E-state index in [1.165, 1.54) is 141 Å². The lowest BCUT2D eigenvalue weighted by molar-refractivity contribution is -0.158. The highest BCUT2D eigenvalue weighted by Gasteiger charge is 2.62. The first-order valence-electron chi connectivity index (χ1n) is 22.0. The third-order valence-electron chi connectivity index (χ3n) is 15.8. The Morgan fingerprint density at radius 3 is 1.96 bits per heavy atom. The Hall–Kier alpha value is -1.05. The van der Waals surface area contributed by atoms with Gasteiger partial charge < -0.3 is 4.74 Å². The van der Waals surface area contributed by atoms with Crippen molar-refractivity contribution in [3.63, 3.8) is 0 Å². The van der Waals surface area contributed by atoms with E-state index in [1.807, 2.05) is 11.1 Å². The van der Waals surface area contributed by atoms with Crippen LogP contribution in [0.3, 0.4) is 0 Å². The van der Waals surface area contributed by atoms with E-state index in [4.69, 9.17) is 4.74 Å². The number of allylic oxidation sites excluding steroid dienone is 4. The largest absolute Gasteiger partial charge is 0.462 e. The quantitative estimate of drug-likeness (QED) is 0.0728. The first-order chi connectivity index (χ1) is 23.4. The number of carbonyl (C=O) groups is 1. The summed E-state index contributed by atoms with van der Waals surface area (Å²) in [7, 11) is 0. The SMILES string of the molecule is CCCCCCCCCCCCCCCC(=O)OC1CCC2(C)C3=C(CCC2C1C)C1(C)CCC(C(C)CCC(CC)=C(C)C)C1(C)CC3. The maximum absolute atomic E-state index is 13.0. The molecular formula is C47H82O2. The monoisotopic (exact) mass is 679 g/mol. The van der Waals surface area contributed by atoms with Gasteiger partial charge in [-0.1, -0.05) is 148 Å². The third-order valence-corrected chi connectivity index (χ3v) is 15.8. The molecule has 2 saturated carbocycles. The number of rotatable bonds is 20. The van der Waals surface area contributed by atoms with Gasteiger partial charge in [-0.05, 0) is 131 Å². The highest BCUT2D eigenvalue weighted by Crippen LogP contribution is 2.71. The molecule has 2 nitrogen and oxygen atoms in total. The van der Waals surface area contributed by atoms with Crippen LogP contribution in [0.5, 0.6) is 0 Å². The van der Waals surface area contributed by atoms with Crippen LogP contribution in [-0.2, 0) is 9.53 Å². The van der Waals surface area contributed by atoms with Crippen LogP contribution in [-0.4, -0.2) is 12.1 Å². The highest BCUT2D eigenvalue weighted by molar-refractivity contribution is 5.69. The fraction of sp³-hybridized carbons (Fsp3) is 0.894. The van der Waals surface area contributed by atoms with Gasteiger partial charge in [0, 0.05) is 6.42 Å². The van der Waals surface area contributed by atoms with E-state index in [-0.39, 0.29) is 12.1 Å². The summed E-state index contributed by atoms with van der Waals surface area (Å²) in [5.41, 5.74) is 8.06. The van der Waals surface area contributed by atoms with Gasteiger partial charge in [0.2, 0.25) is 0 Å². The van der Waals surface area contributed by atoms with Crippen molar-refractivity contribution in [3.8, 4) is 0 Å². The summed E-state index contributed by atoms with van der Waals surface area (Å²) < 4.78 is 6.29. The fourth-order valence-corrected chi connectivity index (χ4v) is 12.3.